The first-order valence-electron chi connectivity index (χ1n) is 10.6. The number of para-hydroxylation sites is 1. The fourth-order valence-corrected chi connectivity index (χ4v) is 4.33. The van der Waals surface area contributed by atoms with Crippen molar-refractivity contribution in [3.8, 4) is 11.3 Å². The molecule has 0 saturated heterocycles. The highest BCUT2D eigenvalue weighted by molar-refractivity contribution is 6.21. The van der Waals surface area contributed by atoms with Crippen molar-refractivity contribution >= 4 is 22.8 Å². The lowest BCUT2D eigenvalue weighted by Crippen LogP contribution is -2.33. The lowest BCUT2D eigenvalue weighted by Gasteiger charge is -2.25. The van der Waals surface area contributed by atoms with Crippen molar-refractivity contribution in [1.82, 2.24) is 14.9 Å². The molecule has 5 rings (SSSR count). The number of fused-ring (bicyclic) bond motifs is 2. The third-order valence-corrected chi connectivity index (χ3v) is 6.04. The number of halogens is 3. The fourth-order valence-electron chi connectivity index (χ4n) is 4.33. The van der Waals surface area contributed by atoms with Crippen LogP contribution in [0.3, 0.4) is 0 Å². The van der Waals surface area contributed by atoms with Crippen LogP contribution >= 0.6 is 0 Å². The summed E-state index contributed by atoms with van der Waals surface area (Å²) in [6.45, 7) is 3.44. The SMILES string of the molecule is Cc1ccccc1-c1nc2c(C(F)(F)F)cccc2nc1C(C)N1C(=O)c2ccccc2C1=O. The first kappa shape index (κ1) is 21.8. The maximum Gasteiger partial charge on any atom is 0.418 e. The fraction of sp³-hybridized carbons (Fsp3) is 0.154. The van der Waals surface area contributed by atoms with Crippen LogP contribution in [0, 0.1) is 6.92 Å². The van der Waals surface area contributed by atoms with Crippen molar-refractivity contribution in [3.05, 3.63) is 94.7 Å². The van der Waals surface area contributed by atoms with E-state index in [0.717, 1.165) is 16.5 Å². The Morgan fingerprint density at radius 3 is 1.97 bits per heavy atom. The minimum absolute atomic E-state index is 0.0330. The van der Waals surface area contributed by atoms with Crippen molar-refractivity contribution in [3.63, 3.8) is 0 Å². The van der Waals surface area contributed by atoms with Crippen molar-refractivity contribution < 1.29 is 22.8 Å². The van der Waals surface area contributed by atoms with Crippen molar-refractivity contribution in [2.24, 2.45) is 0 Å². The van der Waals surface area contributed by atoms with Crippen LogP contribution in [0.4, 0.5) is 13.2 Å². The van der Waals surface area contributed by atoms with Crippen LogP contribution in [0.2, 0.25) is 0 Å². The standard InChI is InChI=1S/C26H18F3N3O2/c1-14-8-3-4-9-16(14)22-21(30-20-13-7-12-19(23(20)31-22)26(27,28)29)15(2)32-24(33)17-10-5-6-11-18(17)25(32)34/h3-13,15H,1-2H3. The zero-order valence-corrected chi connectivity index (χ0v) is 18.2. The molecule has 2 heterocycles. The second kappa shape index (κ2) is 7.76. The van der Waals surface area contributed by atoms with Crippen LogP contribution in [0.25, 0.3) is 22.3 Å². The molecule has 1 unspecified atom stereocenters. The Kier molecular flexibility index (Phi) is 4.97. The minimum atomic E-state index is -4.62. The number of aryl methyl sites for hydroxylation is 1. The Balaban J connectivity index is 1.75. The summed E-state index contributed by atoms with van der Waals surface area (Å²) in [6.07, 6.45) is -4.62. The number of rotatable bonds is 3. The average molecular weight is 461 g/mol. The molecule has 3 aromatic carbocycles. The summed E-state index contributed by atoms with van der Waals surface area (Å²) in [5, 5.41) is 0. The van der Waals surface area contributed by atoms with Crippen molar-refractivity contribution in [2.45, 2.75) is 26.1 Å². The Bertz CT molecular complexity index is 1450. The molecule has 0 fully saturated rings. The third-order valence-electron chi connectivity index (χ3n) is 6.04. The summed E-state index contributed by atoms with van der Waals surface area (Å²) in [6, 6.07) is 16.4. The van der Waals surface area contributed by atoms with Gasteiger partial charge in [-0.3, -0.25) is 14.5 Å². The summed E-state index contributed by atoms with van der Waals surface area (Å²) in [7, 11) is 0. The Morgan fingerprint density at radius 1 is 0.794 bits per heavy atom. The first-order chi connectivity index (χ1) is 16.2. The quantitative estimate of drug-likeness (QED) is 0.352. The van der Waals surface area contributed by atoms with Gasteiger partial charge in [0.25, 0.3) is 11.8 Å². The Labute approximate surface area is 192 Å². The van der Waals surface area contributed by atoms with Gasteiger partial charge in [-0.05, 0) is 43.7 Å². The molecule has 1 aliphatic rings. The van der Waals surface area contributed by atoms with E-state index in [1.807, 2.05) is 19.1 Å². The summed E-state index contributed by atoms with van der Waals surface area (Å²) in [5.41, 5.74) is 1.21. The largest absolute Gasteiger partial charge is 0.418 e. The number of hydrogen-bond acceptors (Lipinski definition) is 4. The zero-order valence-electron chi connectivity index (χ0n) is 18.2. The van der Waals surface area contributed by atoms with Crippen LogP contribution < -0.4 is 0 Å². The van der Waals surface area contributed by atoms with Gasteiger partial charge >= 0.3 is 6.18 Å². The normalized spacial score (nSPS) is 14.6. The number of aromatic nitrogens is 2. The van der Waals surface area contributed by atoms with E-state index in [9.17, 15) is 22.8 Å². The van der Waals surface area contributed by atoms with Gasteiger partial charge < -0.3 is 0 Å². The number of carbonyl (C=O) groups excluding carboxylic acids is 2. The molecule has 170 valence electrons. The van der Waals surface area contributed by atoms with E-state index >= 15 is 0 Å². The zero-order chi connectivity index (χ0) is 24.2. The second-order valence-electron chi connectivity index (χ2n) is 8.15. The van der Waals surface area contributed by atoms with E-state index in [-0.39, 0.29) is 33.5 Å². The van der Waals surface area contributed by atoms with Gasteiger partial charge in [-0.1, -0.05) is 42.5 Å². The van der Waals surface area contributed by atoms with Gasteiger partial charge in [0.2, 0.25) is 0 Å². The molecule has 0 radical (unpaired) electrons. The number of benzene rings is 3. The molecule has 1 aromatic heterocycles. The lowest BCUT2D eigenvalue weighted by molar-refractivity contribution is -0.136. The smallest absolute Gasteiger partial charge is 0.269 e. The predicted octanol–water partition coefficient (Wildman–Crippen LogP) is 5.98. The molecular formula is C26H18F3N3O2. The minimum Gasteiger partial charge on any atom is -0.269 e. The van der Waals surface area contributed by atoms with Crippen molar-refractivity contribution in [1.29, 1.82) is 0 Å². The number of amides is 2. The predicted molar refractivity (Wildman–Crippen MR) is 120 cm³/mol. The van der Waals surface area contributed by atoms with Gasteiger partial charge in [-0.2, -0.15) is 13.2 Å². The number of imide groups is 1. The number of alkyl halides is 3. The summed E-state index contributed by atoms with van der Waals surface area (Å²) < 4.78 is 41.2. The van der Waals surface area contributed by atoms with E-state index < -0.39 is 29.6 Å². The van der Waals surface area contributed by atoms with Gasteiger partial charge in [0, 0.05) is 5.56 Å². The molecule has 1 aliphatic heterocycles. The molecule has 0 saturated carbocycles. The molecule has 34 heavy (non-hydrogen) atoms. The number of carbonyl (C=O) groups is 2. The molecular weight excluding hydrogens is 443 g/mol. The monoisotopic (exact) mass is 461 g/mol. The van der Waals surface area contributed by atoms with Crippen LogP contribution in [-0.2, 0) is 6.18 Å². The second-order valence-corrected chi connectivity index (χ2v) is 8.15. The van der Waals surface area contributed by atoms with Crippen LogP contribution in [-0.4, -0.2) is 26.7 Å². The Morgan fingerprint density at radius 2 is 1.38 bits per heavy atom. The maximum absolute atomic E-state index is 13.7. The number of hydrogen-bond donors (Lipinski definition) is 0. The molecule has 2 amide bonds. The molecule has 0 bridgehead atoms. The molecule has 0 spiro atoms. The summed E-state index contributed by atoms with van der Waals surface area (Å²) in [5.74, 6) is -0.954. The van der Waals surface area contributed by atoms with Gasteiger partial charge in [0.1, 0.15) is 5.52 Å². The molecule has 4 aromatic rings. The average Bonchev–Trinajstić information content (AvgIpc) is 3.07. The van der Waals surface area contributed by atoms with Crippen molar-refractivity contribution in [2.75, 3.05) is 0 Å². The van der Waals surface area contributed by atoms with Gasteiger partial charge in [0.05, 0.1) is 39.6 Å². The molecule has 0 aliphatic carbocycles. The van der Waals surface area contributed by atoms with E-state index in [1.54, 1.807) is 43.3 Å². The van der Waals surface area contributed by atoms with E-state index in [2.05, 4.69) is 9.97 Å². The topological polar surface area (TPSA) is 63.2 Å². The summed E-state index contributed by atoms with van der Waals surface area (Å²) >= 11 is 0. The van der Waals surface area contributed by atoms with Crippen LogP contribution in [0.1, 0.15) is 50.5 Å². The van der Waals surface area contributed by atoms with Gasteiger partial charge in [0.15, 0.2) is 0 Å². The third kappa shape index (κ3) is 3.34. The maximum atomic E-state index is 13.7. The van der Waals surface area contributed by atoms with Gasteiger partial charge in [-0.15, -0.1) is 0 Å². The Hall–Kier alpha value is -4.07. The van der Waals surface area contributed by atoms with Crippen LogP contribution in [0.15, 0.2) is 66.7 Å². The highest BCUT2D eigenvalue weighted by Crippen LogP contribution is 2.39. The molecule has 8 heteroatoms. The molecule has 0 N–H and O–H groups in total. The van der Waals surface area contributed by atoms with Gasteiger partial charge in [-0.25, -0.2) is 9.97 Å². The molecule has 5 nitrogen and oxygen atoms in total. The van der Waals surface area contributed by atoms with E-state index in [1.165, 1.54) is 12.1 Å². The highest BCUT2D eigenvalue weighted by atomic mass is 19.4. The van der Waals surface area contributed by atoms with E-state index in [0.29, 0.717) is 5.56 Å². The van der Waals surface area contributed by atoms with E-state index in [4.69, 9.17) is 0 Å². The number of nitrogens with zero attached hydrogens (tertiary/aromatic N) is 3. The lowest BCUT2D eigenvalue weighted by atomic mass is 9.99. The van der Waals surface area contributed by atoms with Crippen LogP contribution in [0.5, 0.6) is 0 Å². The summed E-state index contributed by atoms with van der Waals surface area (Å²) in [4.78, 5) is 36.2. The highest BCUT2D eigenvalue weighted by Gasteiger charge is 2.41. The first-order valence-corrected chi connectivity index (χ1v) is 10.6. The molecule has 1 atom stereocenters.